The van der Waals surface area contributed by atoms with Crippen molar-refractivity contribution < 1.29 is 13.2 Å². The van der Waals surface area contributed by atoms with E-state index in [4.69, 9.17) is 11.6 Å². The Hall–Kier alpha value is -1.57. The summed E-state index contributed by atoms with van der Waals surface area (Å²) in [7, 11) is -3.79. The number of hydrogen-bond donors (Lipinski definition) is 1. The highest BCUT2D eigenvalue weighted by molar-refractivity contribution is 7.92. The molecule has 1 heterocycles. The number of nitrogens with one attached hydrogen (secondary N) is 1. The molecule has 27 heavy (non-hydrogen) atoms. The highest BCUT2D eigenvalue weighted by atomic mass is 35.5. The fourth-order valence-corrected chi connectivity index (χ4v) is 5.26. The van der Waals surface area contributed by atoms with Gasteiger partial charge in [-0.05, 0) is 48.4 Å². The minimum Gasteiger partial charge on any atom is -0.342 e. The van der Waals surface area contributed by atoms with Crippen molar-refractivity contribution in [2.45, 2.75) is 44.9 Å². The van der Waals surface area contributed by atoms with Crippen molar-refractivity contribution in [2.24, 2.45) is 0 Å². The topological polar surface area (TPSA) is 66.5 Å². The molecule has 2 aromatic rings. The zero-order valence-electron chi connectivity index (χ0n) is 15.8. The van der Waals surface area contributed by atoms with Crippen LogP contribution in [0.3, 0.4) is 0 Å². The van der Waals surface area contributed by atoms with Gasteiger partial charge in [-0.25, -0.2) is 8.42 Å². The Bertz CT molecular complexity index is 888. The van der Waals surface area contributed by atoms with Crippen molar-refractivity contribution >= 4 is 44.6 Å². The zero-order chi connectivity index (χ0) is 20.0. The standard InChI is InChI=1S/C19H25ClN2O3S2/c1-4-9-22(10-5-2)19(23)11-15-12-26-13-17(15)21-27(24,25)18-8-6-7-16(20)14(18)3/h6-8,12-13,21H,4-5,9-11H2,1-3H3. The first kappa shape index (κ1) is 21.7. The SMILES string of the molecule is CCCN(CCC)C(=O)Cc1cscc1NS(=O)(=O)c1cccc(Cl)c1C. The van der Waals surface area contributed by atoms with Crippen molar-refractivity contribution in [1.29, 1.82) is 0 Å². The van der Waals surface area contributed by atoms with Crippen molar-refractivity contribution in [2.75, 3.05) is 17.8 Å². The normalized spacial score (nSPS) is 11.4. The number of benzene rings is 1. The van der Waals surface area contributed by atoms with Crippen LogP contribution in [-0.2, 0) is 21.2 Å². The second-order valence-electron chi connectivity index (χ2n) is 6.34. The van der Waals surface area contributed by atoms with Crippen LogP contribution in [0, 0.1) is 6.92 Å². The lowest BCUT2D eigenvalue weighted by Crippen LogP contribution is -2.33. The first-order valence-electron chi connectivity index (χ1n) is 8.90. The van der Waals surface area contributed by atoms with Crippen LogP contribution < -0.4 is 4.72 Å². The third kappa shape index (κ3) is 5.46. The lowest BCUT2D eigenvalue weighted by molar-refractivity contribution is -0.130. The minimum absolute atomic E-state index is 0.0106. The summed E-state index contributed by atoms with van der Waals surface area (Å²) in [4.78, 5) is 14.6. The van der Waals surface area contributed by atoms with Gasteiger partial charge in [0.15, 0.2) is 0 Å². The molecular weight excluding hydrogens is 404 g/mol. The molecule has 1 N–H and O–H groups in total. The number of nitrogens with zero attached hydrogens (tertiary/aromatic N) is 1. The fraction of sp³-hybridized carbons (Fsp3) is 0.421. The van der Waals surface area contributed by atoms with Crippen molar-refractivity contribution in [3.05, 3.63) is 45.1 Å². The zero-order valence-corrected chi connectivity index (χ0v) is 18.2. The van der Waals surface area contributed by atoms with Gasteiger partial charge in [0.2, 0.25) is 5.91 Å². The molecule has 2 rings (SSSR count). The molecule has 0 saturated carbocycles. The van der Waals surface area contributed by atoms with Gasteiger partial charge in [-0.2, -0.15) is 0 Å². The molecule has 0 spiro atoms. The Morgan fingerprint density at radius 3 is 2.48 bits per heavy atom. The molecule has 5 nitrogen and oxygen atoms in total. The van der Waals surface area contributed by atoms with E-state index >= 15 is 0 Å². The first-order chi connectivity index (χ1) is 12.8. The summed E-state index contributed by atoms with van der Waals surface area (Å²) < 4.78 is 28.2. The molecule has 1 aromatic heterocycles. The molecule has 0 atom stereocenters. The highest BCUT2D eigenvalue weighted by Crippen LogP contribution is 2.28. The van der Waals surface area contributed by atoms with Crippen LogP contribution in [-0.4, -0.2) is 32.3 Å². The molecular formula is C19H25ClN2O3S2. The summed E-state index contributed by atoms with van der Waals surface area (Å²) in [5, 5.41) is 3.93. The average molecular weight is 429 g/mol. The number of carbonyl (C=O) groups is 1. The van der Waals surface area contributed by atoms with Gasteiger partial charge in [-0.3, -0.25) is 9.52 Å². The van der Waals surface area contributed by atoms with E-state index < -0.39 is 10.0 Å². The lowest BCUT2D eigenvalue weighted by Gasteiger charge is -2.21. The van der Waals surface area contributed by atoms with Crippen LogP contribution in [0.4, 0.5) is 5.69 Å². The van der Waals surface area contributed by atoms with Crippen LogP contribution in [0.5, 0.6) is 0 Å². The number of halogens is 1. The summed E-state index contributed by atoms with van der Waals surface area (Å²) in [6.45, 7) is 7.16. The summed E-state index contributed by atoms with van der Waals surface area (Å²) >= 11 is 7.42. The molecule has 148 valence electrons. The van der Waals surface area contributed by atoms with Crippen LogP contribution >= 0.6 is 22.9 Å². The monoisotopic (exact) mass is 428 g/mol. The second kappa shape index (κ2) is 9.57. The van der Waals surface area contributed by atoms with E-state index in [1.54, 1.807) is 24.4 Å². The van der Waals surface area contributed by atoms with E-state index in [-0.39, 0.29) is 17.2 Å². The van der Waals surface area contributed by atoms with Gasteiger partial charge in [-0.1, -0.05) is 31.5 Å². The molecule has 0 radical (unpaired) electrons. The number of sulfonamides is 1. The number of carbonyl (C=O) groups excluding carboxylic acids is 1. The van der Waals surface area contributed by atoms with Gasteiger partial charge < -0.3 is 4.90 Å². The molecule has 1 aromatic carbocycles. The van der Waals surface area contributed by atoms with Crippen LogP contribution in [0.25, 0.3) is 0 Å². The number of hydrogen-bond acceptors (Lipinski definition) is 4. The minimum atomic E-state index is -3.79. The molecule has 1 amide bonds. The van der Waals surface area contributed by atoms with Gasteiger partial charge in [0, 0.05) is 23.5 Å². The Kier molecular flexibility index (Phi) is 7.70. The van der Waals surface area contributed by atoms with Crippen molar-refractivity contribution in [1.82, 2.24) is 4.90 Å². The summed E-state index contributed by atoms with van der Waals surface area (Å²) in [6, 6.07) is 4.78. The molecule has 0 saturated heterocycles. The first-order valence-corrected chi connectivity index (χ1v) is 11.7. The summed E-state index contributed by atoms with van der Waals surface area (Å²) in [5.41, 5.74) is 1.63. The van der Waals surface area contributed by atoms with E-state index in [9.17, 15) is 13.2 Å². The maximum absolute atomic E-state index is 12.8. The molecule has 0 bridgehead atoms. The predicted octanol–water partition coefficient (Wildman–Crippen LogP) is 4.70. The average Bonchev–Trinajstić information content (AvgIpc) is 3.03. The Morgan fingerprint density at radius 1 is 1.19 bits per heavy atom. The van der Waals surface area contributed by atoms with Crippen molar-refractivity contribution in [3.63, 3.8) is 0 Å². The summed E-state index contributed by atoms with van der Waals surface area (Å²) in [5.74, 6) is 0.0106. The molecule has 0 fully saturated rings. The van der Waals surface area contributed by atoms with E-state index in [1.165, 1.54) is 17.4 Å². The van der Waals surface area contributed by atoms with Gasteiger partial charge in [0.1, 0.15) is 0 Å². The third-order valence-corrected chi connectivity index (χ3v) is 6.89. The van der Waals surface area contributed by atoms with Crippen LogP contribution in [0.2, 0.25) is 5.02 Å². The smallest absolute Gasteiger partial charge is 0.262 e. The number of amides is 1. The van der Waals surface area contributed by atoms with Gasteiger partial charge in [0.25, 0.3) is 10.0 Å². The lowest BCUT2D eigenvalue weighted by atomic mass is 10.2. The highest BCUT2D eigenvalue weighted by Gasteiger charge is 2.21. The van der Waals surface area contributed by atoms with Gasteiger partial charge in [0.05, 0.1) is 17.0 Å². The maximum Gasteiger partial charge on any atom is 0.262 e. The van der Waals surface area contributed by atoms with Crippen LogP contribution in [0.1, 0.15) is 37.8 Å². The third-order valence-electron chi connectivity index (χ3n) is 4.18. The Morgan fingerprint density at radius 2 is 1.85 bits per heavy atom. The fourth-order valence-electron chi connectivity index (χ4n) is 2.80. The van der Waals surface area contributed by atoms with Crippen molar-refractivity contribution in [3.8, 4) is 0 Å². The number of anilines is 1. The number of thiophene rings is 1. The molecule has 0 aliphatic rings. The van der Waals surface area contributed by atoms with Crippen LogP contribution in [0.15, 0.2) is 33.9 Å². The second-order valence-corrected chi connectivity index (χ2v) is 9.14. The molecule has 0 aliphatic carbocycles. The Labute approximate surface area is 170 Å². The number of rotatable bonds is 9. The van der Waals surface area contributed by atoms with Gasteiger partial charge in [-0.15, -0.1) is 11.3 Å². The maximum atomic E-state index is 12.8. The largest absolute Gasteiger partial charge is 0.342 e. The van der Waals surface area contributed by atoms with E-state index in [0.29, 0.717) is 34.9 Å². The molecule has 8 heteroatoms. The quantitative estimate of drug-likeness (QED) is 0.629. The van der Waals surface area contributed by atoms with E-state index in [2.05, 4.69) is 4.72 Å². The van der Waals surface area contributed by atoms with E-state index in [0.717, 1.165) is 12.8 Å². The Balaban J connectivity index is 2.21. The van der Waals surface area contributed by atoms with E-state index in [1.807, 2.05) is 24.1 Å². The van der Waals surface area contributed by atoms with Gasteiger partial charge >= 0.3 is 0 Å². The molecule has 0 unspecified atom stereocenters. The summed E-state index contributed by atoms with van der Waals surface area (Å²) in [6.07, 6.45) is 1.96. The molecule has 0 aliphatic heterocycles. The predicted molar refractivity (Wildman–Crippen MR) is 112 cm³/mol.